The van der Waals surface area contributed by atoms with Gasteiger partial charge in [-0.2, -0.15) is 8.42 Å². The molecule has 0 radical (unpaired) electrons. The molecule has 0 bridgehead atoms. The normalized spacial score (nSPS) is 38.9. The molecule has 0 amide bonds. The number of aliphatic carboxylic acids is 1. The highest BCUT2D eigenvalue weighted by molar-refractivity contribution is 7.80. The molecule has 1 rings (SSSR count). The van der Waals surface area contributed by atoms with E-state index in [0.717, 1.165) is 0 Å². The maximum atomic E-state index is 10.5. The van der Waals surface area contributed by atoms with Gasteiger partial charge in [-0.25, -0.2) is 8.98 Å². The topological polar surface area (TPSA) is 171 Å². The predicted molar refractivity (Wildman–Crippen MR) is 47.0 cm³/mol. The highest BCUT2D eigenvalue weighted by Gasteiger charge is 2.49. The molecular weight excluding hydrogens is 264 g/mol. The van der Waals surface area contributed by atoms with Crippen molar-refractivity contribution >= 4 is 16.4 Å². The van der Waals surface area contributed by atoms with Crippen LogP contribution in [0.25, 0.3) is 0 Å². The number of aliphatic hydroxyl groups excluding tert-OH is 3. The van der Waals surface area contributed by atoms with Gasteiger partial charge in [0.15, 0.2) is 18.5 Å². The third-order valence-corrected chi connectivity index (χ3v) is 2.51. The number of hydrogen-bond acceptors (Lipinski definition) is 8. The summed E-state index contributed by atoms with van der Waals surface area (Å²) in [5.41, 5.74) is 0. The molecule has 1 aliphatic rings. The van der Waals surface area contributed by atoms with E-state index < -0.39 is 47.1 Å². The first-order valence-corrected chi connectivity index (χ1v) is 5.58. The number of ether oxygens (including phenoxy) is 1. The van der Waals surface area contributed by atoms with Crippen LogP contribution in [0.15, 0.2) is 0 Å². The highest BCUT2D eigenvalue weighted by Crippen LogP contribution is 2.23. The molecule has 5 N–H and O–H groups in total. The number of aliphatic hydroxyl groups is 3. The van der Waals surface area contributed by atoms with Gasteiger partial charge in [-0.1, -0.05) is 0 Å². The predicted octanol–water partition coefficient (Wildman–Crippen LogP) is -3.30. The second kappa shape index (κ2) is 4.81. The van der Waals surface area contributed by atoms with Crippen LogP contribution in [0.5, 0.6) is 0 Å². The van der Waals surface area contributed by atoms with Crippen molar-refractivity contribution < 1.29 is 47.1 Å². The van der Waals surface area contributed by atoms with Crippen molar-refractivity contribution in [2.45, 2.75) is 30.7 Å². The number of hydrogen-bond donors (Lipinski definition) is 5. The van der Waals surface area contributed by atoms with Crippen molar-refractivity contribution in [3.8, 4) is 0 Å². The summed E-state index contributed by atoms with van der Waals surface area (Å²) in [7, 11) is -5.01. The van der Waals surface area contributed by atoms with Crippen molar-refractivity contribution in [3.63, 3.8) is 0 Å². The van der Waals surface area contributed by atoms with Crippen LogP contribution in [0.3, 0.4) is 0 Å². The summed E-state index contributed by atoms with van der Waals surface area (Å²) in [6.45, 7) is 0. The van der Waals surface area contributed by atoms with Gasteiger partial charge in [-0.3, -0.25) is 4.55 Å². The fourth-order valence-corrected chi connectivity index (χ4v) is 1.79. The molecule has 1 aliphatic heterocycles. The lowest BCUT2D eigenvalue weighted by Crippen LogP contribution is -2.60. The van der Waals surface area contributed by atoms with Gasteiger partial charge < -0.3 is 25.2 Å². The van der Waals surface area contributed by atoms with Crippen LogP contribution in [-0.2, 0) is 24.1 Å². The zero-order valence-electron chi connectivity index (χ0n) is 8.07. The molecule has 17 heavy (non-hydrogen) atoms. The second-order valence-corrected chi connectivity index (χ2v) is 4.30. The third kappa shape index (κ3) is 3.32. The maximum absolute atomic E-state index is 10.5. The Labute approximate surface area is 95.0 Å². The van der Waals surface area contributed by atoms with E-state index in [0.29, 0.717) is 0 Å². The number of carbonyl (C=O) groups is 1. The first-order chi connectivity index (χ1) is 7.63. The lowest BCUT2D eigenvalue weighted by atomic mass is 9.99. The molecule has 10 nitrogen and oxygen atoms in total. The van der Waals surface area contributed by atoms with E-state index in [-0.39, 0.29) is 0 Å². The molecule has 0 aromatic carbocycles. The molecule has 0 unspecified atom stereocenters. The molecule has 5 atom stereocenters. The Kier molecular flexibility index (Phi) is 4.03. The fourth-order valence-electron chi connectivity index (χ4n) is 1.30. The van der Waals surface area contributed by atoms with E-state index in [2.05, 4.69) is 8.92 Å². The second-order valence-electron chi connectivity index (χ2n) is 3.26. The SMILES string of the molecule is O=C(O)[C@@H]1O[C@H](O)[C@@H](OS(=O)(=O)O)[C@H](O)[C@H]1O. The Morgan fingerprint density at radius 1 is 1.18 bits per heavy atom. The molecule has 11 heteroatoms. The van der Waals surface area contributed by atoms with Crippen LogP contribution in [0.1, 0.15) is 0 Å². The van der Waals surface area contributed by atoms with Crippen LogP contribution in [0.2, 0.25) is 0 Å². The Balaban J connectivity index is 2.87. The summed E-state index contributed by atoms with van der Waals surface area (Å²) in [6, 6.07) is 0. The van der Waals surface area contributed by atoms with Gasteiger partial charge >= 0.3 is 16.4 Å². The quantitative estimate of drug-likeness (QED) is 0.328. The Morgan fingerprint density at radius 3 is 2.12 bits per heavy atom. The van der Waals surface area contributed by atoms with Crippen LogP contribution in [0.4, 0.5) is 0 Å². The van der Waals surface area contributed by atoms with E-state index in [1.54, 1.807) is 0 Å². The van der Waals surface area contributed by atoms with Crippen molar-refractivity contribution in [3.05, 3.63) is 0 Å². The van der Waals surface area contributed by atoms with E-state index in [1.165, 1.54) is 0 Å². The number of rotatable bonds is 3. The zero-order valence-corrected chi connectivity index (χ0v) is 8.89. The zero-order chi connectivity index (χ0) is 13.4. The fraction of sp³-hybridized carbons (Fsp3) is 0.833. The minimum Gasteiger partial charge on any atom is -0.479 e. The summed E-state index contributed by atoms with van der Waals surface area (Å²) in [5.74, 6) is -1.67. The smallest absolute Gasteiger partial charge is 0.397 e. The number of carboxylic acids is 1. The molecule has 0 aromatic heterocycles. The summed E-state index contributed by atoms with van der Waals surface area (Å²) in [6.07, 6.45) is -10.2. The molecule has 0 saturated carbocycles. The van der Waals surface area contributed by atoms with Gasteiger partial charge in [-0.05, 0) is 0 Å². The summed E-state index contributed by atoms with van der Waals surface area (Å²) < 4.78 is 37.3. The third-order valence-electron chi connectivity index (χ3n) is 2.04. The first-order valence-electron chi connectivity index (χ1n) is 4.21. The van der Waals surface area contributed by atoms with Gasteiger partial charge in [-0.15, -0.1) is 0 Å². The van der Waals surface area contributed by atoms with Crippen molar-refractivity contribution in [2.75, 3.05) is 0 Å². The van der Waals surface area contributed by atoms with E-state index in [4.69, 9.17) is 9.66 Å². The average Bonchev–Trinajstić information content (AvgIpc) is 2.16. The van der Waals surface area contributed by atoms with Crippen LogP contribution in [0, 0.1) is 0 Å². The maximum Gasteiger partial charge on any atom is 0.397 e. The first kappa shape index (κ1) is 14.2. The molecule has 100 valence electrons. The molecule has 1 heterocycles. The van der Waals surface area contributed by atoms with E-state index >= 15 is 0 Å². The van der Waals surface area contributed by atoms with Crippen LogP contribution in [-0.4, -0.2) is 70.1 Å². The van der Waals surface area contributed by atoms with E-state index in [1.807, 2.05) is 0 Å². The van der Waals surface area contributed by atoms with Crippen LogP contribution >= 0.6 is 0 Å². The molecule has 1 saturated heterocycles. The molecular formula is C6H10O10S. The molecule has 0 aromatic rings. The minimum absolute atomic E-state index is 1.67. The molecule has 0 aliphatic carbocycles. The standard InChI is InChI=1S/C6H10O10S/c7-1-2(8)4(16-17(12,13)14)6(11)15-3(1)5(9)10/h1-4,6-8,11H,(H,9,10)(H,12,13,14)/t1-,2-,3-,4+,6+/m1/s1. The molecule has 1 fully saturated rings. The number of carboxylic acid groups (broad SMARTS) is 1. The van der Waals surface area contributed by atoms with Crippen molar-refractivity contribution in [2.24, 2.45) is 0 Å². The highest BCUT2D eigenvalue weighted by atomic mass is 32.3. The minimum atomic E-state index is -5.01. The van der Waals surface area contributed by atoms with Gasteiger partial charge in [0.25, 0.3) is 0 Å². The van der Waals surface area contributed by atoms with Gasteiger partial charge in [0, 0.05) is 0 Å². The summed E-state index contributed by atoms with van der Waals surface area (Å²) in [5, 5.41) is 36.3. The van der Waals surface area contributed by atoms with Gasteiger partial charge in [0.2, 0.25) is 0 Å². The van der Waals surface area contributed by atoms with Crippen molar-refractivity contribution in [1.82, 2.24) is 0 Å². The van der Waals surface area contributed by atoms with Gasteiger partial charge in [0.05, 0.1) is 0 Å². The van der Waals surface area contributed by atoms with E-state index in [9.17, 15) is 28.5 Å². The Bertz CT molecular complexity index is 390. The summed E-state index contributed by atoms with van der Waals surface area (Å²) >= 11 is 0. The average molecular weight is 274 g/mol. The Morgan fingerprint density at radius 2 is 1.71 bits per heavy atom. The monoisotopic (exact) mass is 274 g/mol. The summed E-state index contributed by atoms with van der Waals surface area (Å²) in [4.78, 5) is 10.5. The Hall–Kier alpha value is -0.820. The lowest BCUT2D eigenvalue weighted by molar-refractivity contribution is -0.274. The molecule has 0 spiro atoms. The van der Waals surface area contributed by atoms with Crippen molar-refractivity contribution in [1.29, 1.82) is 0 Å². The largest absolute Gasteiger partial charge is 0.479 e. The van der Waals surface area contributed by atoms with Crippen LogP contribution < -0.4 is 0 Å². The van der Waals surface area contributed by atoms with Gasteiger partial charge in [0.1, 0.15) is 12.2 Å². The lowest BCUT2D eigenvalue weighted by Gasteiger charge is -2.37.